The van der Waals surface area contributed by atoms with Gasteiger partial charge in [0.25, 0.3) is 0 Å². The third-order valence-corrected chi connectivity index (χ3v) is 3.95. The Kier molecular flexibility index (Phi) is 4.29. The van der Waals surface area contributed by atoms with Crippen LogP contribution in [0.1, 0.15) is 24.4 Å². The van der Waals surface area contributed by atoms with Crippen molar-refractivity contribution in [1.82, 2.24) is 5.32 Å². The molecule has 2 N–H and O–H groups in total. The number of benzene rings is 2. The summed E-state index contributed by atoms with van der Waals surface area (Å²) in [5, 5.41) is 5.77. The third kappa shape index (κ3) is 3.57. The van der Waals surface area contributed by atoms with Gasteiger partial charge in [-0.2, -0.15) is 0 Å². The van der Waals surface area contributed by atoms with Crippen LogP contribution in [0.5, 0.6) is 0 Å². The predicted octanol–water partition coefficient (Wildman–Crippen LogP) is 4.75. The molecule has 0 aromatic heterocycles. The molecule has 1 saturated carbocycles. The third-order valence-electron chi connectivity index (χ3n) is 3.72. The summed E-state index contributed by atoms with van der Waals surface area (Å²) >= 11 is 5.70. The van der Waals surface area contributed by atoms with E-state index in [4.69, 9.17) is 11.6 Å². The molecule has 0 saturated heterocycles. The first-order valence-electron chi connectivity index (χ1n) is 7.21. The fourth-order valence-corrected chi connectivity index (χ4v) is 2.61. The van der Waals surface area contributed by atoms with Gasteiger partial charge in [0.05, 0.1) is 11.7 Å². The average molecular weight is 319 g/mol. The Morgan fingerprint density at radius 2 is 1.91 bits per heavy atom. The normalized spacial score (nSPS) is 15.2. The van der Waals surface area contributed by atoms with E-state index >= 15 is 0 Å². The Balaban J connectivity index is 1.69. The Labute approximate surface area is 133 Å². The number of hydrogen-bond acceptors (Lipinski definition) is 1. The molecule has 1 unspecified atom stereocenters. The van der Waals surface area contributed by atoms with Gasteiger partial charge in [-0.25, -0.2) is 9.18 Å². The van der Waals surface area contributed by atoms with Gasteiger partial charge < -0.3 is 10.6 Å². The summed E-state index contributed by atoms with van der Waals surface area (Å²) in [6.07, 6.45) is 2.18. The second kappa shape index (κ2) is 6.36. The molecule has 22 heavy (non-hydrogen) atoms. The average Bonchev–Trinajstić information content (AvgIpc) is 3.33. The topological polar surface area (TPSA) is 41.1 Å². The molecule has 1 atom stereocenters. The SMILES string of the molecule is O=C(Nc1ccc(Cl)cc1F)NC(c1ccccc1)C1CC1. The van der Waals surface area contributed by atoms with Crippen LogP contribution in [-0.2, 0) is 0 Å². The first-order chi connectivity index (χ1) is 10.6. The molecule has 2 aromatic carbocycles. The minimum Gasteiger partial charge on any atom is -0.331 e. The molecule has 0 aliphatic heterocycles. The quantitative estimate of drug-likeness (QED) is 0.839. The van der Waals surface area contributed by atoms with E-state index in [0.29, 0.717) is 10.9 Å². The number of nitrogens with one attached hydrogen (secondary N) is 2. The molecule has 2 aromatic rings. The monoisotopic (exact) mass is 318 g/mol. The van der Waals surface area contributed by atoms with Crippen LogP contribution in [-0.4, -0.2) is 6.03 Å². The van der Waals surface area contributed by atoms with Gasteiger partial charge in [-0.15, -0.1) is 0 Å². The summed E-state index contributed by atoms with van der Waals surface area (Å²) in [5.74, 6) is -0.103. The molecular formula is C17H16ClFN2O. The largest absolute Gasteiger partial charge is 0.331 e. The van der Waals surface area contributed by atoms with Crippen LogP contribution in [0.4, 0.5) is 14.9 Å². The van der Waals surface area contributed by atoms with E-state index < -0.39 is 11.8 Å². The summed E-state index contributed by atoms with van der Waals surface area (Å²) < 4.78 is 13.7. The lowest BCUT2D eigenvalue weighted by Gasteiger charge is -2.19. The van der Waals surface area contributed by atoms with E-state index in [0.717, 1.165) is 18.4 Å². The molecule has 0 heterocycles. The molecule has 114 valence electrons. The molecule has 0 radical (unpaired) electrons. The van der Waals surface area contributed by atoms with Crippen molar-refractivity contribution >= 4 is 23.3 Å². The van der Waals surface area contributed by atoms with Crippen molar-refractivity contribution in [3.63, 3.8) is 0 Å². The number of carbonyl (C=O) groups is 1. The maximum absolute atomic E-state index is 13.7. The lowest BCUT2D eigenvalue weighted by atomic mass is 10.0. The van der Waals surface area contributed by atoms with E-state index in [2.05, 4.69) is 10.6 Å². The summed E-state index contributed by atoms with van der Waals surface area (Å²) in [5.41, 5.74) is 1.18. The number of carbonyl (C=O) groups excluding carboxylic acids is 1. The van der Waals surface area contributed by atoms with Gasteiger partial charge >= 0.3 is 6.03 Å². The van der Waals surface area contributed by atoms with Crippen LogP contribution in [0, 0.1) is 11.7 Å². The van der Waals surface area contributed by atoms with Crippen molar-refractivity contribution in [3.05, 3.63) is 64.9 Å². The molecule has 5 heteroatoms. The zero-order chi connectivity index (χ0) is 15.5. The first kappa shape index (κ1) is 14.9. The number of hydrogen-bond donors (Lipinski definition) is 2. The van der Waals surface area contributed by atoms with Crippen LogP contribution < -0.4 is 10.6 Å². The van der Waals surface area contributed by atoms with Crippen LogP contribution in [0.15, 0.2) is 48.5 Å². The van der Waals surface area contributed by atoms with Crippen LogP contribution in [0.3, 0.4) is 0 Å². The molecule has 3 rings (SSSR count). The highest BCUT2D eigenvalue weighted by molar-refractivity contribution is 6.30. The van der Waals surface area contributed by atoms with Gasteiger partial charge in [0.2, 0.25) is 0 Å². The molecule has 1 aliphatic carbocycles. The molecule has 0 bridgehead atoms. The van der Waals surface area contributed by atoms with E-state index in [9.17, 15) is 9.18 Å². The summed E-state index contributed by atoms with van der Waals surface area (Å²) in [6.45, 7) is 0. The van der Waals surface area contributed by atoms with Gasteiger partial charge in [0, 0.05) is 5.02 Å². The van der Waals surface area contributed by atoms with Crippen molar-refractivity contribution in [2.24, 2.45) is 5.92 Å². The van der Waals surface area contributed by atoms with Gasteiger partial charge in [-0.05, 0) is 42.5 Å². The minimum atomic E-state index is -0.551. The Morgan fingerprint density at radius 3 is 2.55 bits per heavy atom. The molecule has 1 fully saturated rings. The number of anilines is 1. The van der Waals surface area contributed by atoms with Crippen molar-refractivity contribution < 1.29 is 9.18 Å². The second-order valence-electron chi connectivity index (χ2n) is 5.45. The number of urea groups is 1. The Morgan fingerprint density at radius 1 is 1.18 bits per heavy atom. The lowest BCUT2D eigenvalue weighted by molar-refractivity contribution is 0.247. The van der Waals surface area contributed by atoms with E-state index in [1.54, 1.807) is 0 Å². The van der Waals surface area contributed by atoms with Gasteiger partial charge in [-0.1, -0.05) is 41.9 Å². The number of rotatable bonds is 4. The van der Waals surface area contributed by atoms with Crippen LogP contribution in [0.2, 0.25) is 5.02 Å². The number of amides is 2. The van der Waals surface area contributed by atoms with Gasteiger partial charge in [0.15, 0.2) is 0 Å². The molecule has 0 spiro atoms. The van der Waals surface area contributed by atoms with Crippen molar-refractivity contribution in [2.75, 3.05) is 5.32 Å². The lowest BCUT2D eigenvalue weighted by Crippen LogP contribution is -2.33. The first-order valence-corrected chi connectivity index (χ1v) is 7.59. The van der Waals surface area contributed by atoms with E-state index in [1.807, 2.05) is 30.3 Å². The fourth-order valence-electron chi connectivity index (χ4n) is 2.45. The van der Waals surface area contributed by atoms with Crippen molar-refractivity contribution in [1.29, 1.82) is 0 Å². The summed E-state index contributed by atoms with van der Waals surface area (Å²) in [4.78, 5) is 12.1. The standard InChI is InChI=1S/C17H16ClFN2O/c18-13-8-9-15(14(19)10-13)20-17(22)21-16(12-6-7-12)11-4-2-1-3-5-11/h1-5,8-10,12,16H,6-7H2,(H2,20,21,22). The second-order valence-corrected chi connectivity index (χ2v) is 5.88. The maximum Gasteiger partial charge on any atom is 0.319 e. The zero-order valence-electron chi connectivity index (χ0n) is 11.9. The van der Waals surface area contributed by atoms with Crippen LogP contribution in [0.25, 0.3) is 0 Å². The summed E-state index contributed by atoms with van der Waals surface area (Å²) in [6, 6.07) is 13.5. The van der Waals surface area contributed by atoms with Crippen LogP contribution >= 0.6 is 11.6 Å². The molecule has 1 aliphatic rings. The highest BCUT2D eigenvalue weighted by Gasteiger charge is 2.33. The summed E-state index contributed by atoms with van der Waals surface area (Å²) in [7, 11) is 0. The number of halogens is 2. The van der Waals surface area contributed by atoms with Gasteiger partial charge in [-0.3, -0.25) is 0 Å². The maximum atomic E-state index is 13.7. The van der Waals surface area contributed by atoms with Crippen molar-refractivity contribution in [2.45, 2.75) is 18.9 Å². The highest BCUT2D eigenvalue weighted by atomic mass is 35.5. The van der Waals surface area contributed by atoms with E-state index in [1.165, 1.54) is 18.2 Å². The molecule has 3 nitrogen and oxygen atoms in total. The van der Waals surface area contributed by atoms with Gasteiger partial charge in [0.1, 0.15) is 5.82 Å². The van der Waals surface area contributed by atoms with E-state index in [-0.39, 0.29) is 11.7 Å². The Hall–Kier alpha value is -2.07. The predicted molar refractivity (Wildman–Crippen MR) is 85.5 cm³/mol. The van der Waals surface area contributed by atoms with Crippen molar-refractivity contribution in [3.8, 4) is 0 Å². The molecule has 2 amide bonds. The molecular weight excluding hydrogens is 303 g/mol. The zero-order valence-corrected chi connectivity index (χ0v) is 12.6. The fraction of sp³-hybridized carbons (Fsp3) is 0.235. The smallest absolute Gasteiger partial charge is 0.319 e. The highest BCUT2D eigenvalue weighted by Crippen LogP contribution is 2.40. The minimum absolute atomic E-state index is 0.0449. The Bertz CT molecular complexity index is 674.